The highest BCUT2D eigenvalue weighted by molar-refractivity contribution is 5.65. The average Bonchev–Trinajstić information content (AvgIpc) is 2.67. The van der Waals surface area contributed by atoms with E-state index < -0.39 is 0 Å². The lowest BCUT2D eigenvalue weighted by Gasteiger charge is -2.20. The van der Waals surface area contributed by atoms with Crippen molar-refractivity contribution in [2.24, 2.45) is 0 Å². The Morgan fingerprint density at radius 3 is 2.48 bits per heavy atom. The molecule has 25 heavy (non-hydrogen) atoms. The lowest BCUT2D eigenvalue weighted by atomic mass is 10.0. The van der Waals surface area contributed by atoms with Gasteiger partial charge in [0.15, 0.2) is 0 Å². The van der Waals surface area contributed by atoms with Crippen LogP contribution in [0.25, 0.3) is 0 Å². The number of carbonyl (C=O) groups excluding carboxylic acids is 1. The molecular weight excluding hydrogens is 312 g/mol. The maximum absolute atomic E-state index is 11.0. The minimum absolute atomic E-state index is 0.0382. The number of nitriles is 1. The summed E-state index contributed by atoms with van der Waals surface area (Å²) >= 11 is 0. The quantitative estimate of drug-likeness (QED) is 0.434. The van der Waals surface area contributed by atoms with E-state index in [4.69, 9.17) is 10.00 Å². The SMILES string of the molecule is CN[C@@H](CCc1ccccc1)/C(=C\C=O)OCc1ccc(C#N)cc1. The van der Waals surface area contributed by atoms with E-state index in [0.717, 1.165) is 24.7 Å². The van der Waals surface area contributed by atoms with Crippen LogP contribution in [0.5, 0.6) is 0 Å². The van der Waals surface area contributed by atoms with E-state index in [9.17, 15) is 4.79 Å². The van der Waals surface area contributed by atoms with Crippen molar-refractivity contribution < 1.29 is 9.53 Å². The second-order valence-corrected chi connectivity index (χ2v) is 5.67. The highest BCUT2D eigenvalue weighted by Gasteiger charge is 2.14. The third-order valence-corrected chi connectivity index (χ3v) is 3.98. The molecule has 4 nitrogen and oxygen atoms in total. The first-order valence-corrected chi connectivity index (χ1v) is 8.25. The van der Waals surface area contributed by atoms with Gasteiger partial charge in [-0.2, -0.15) is 5.26 Å². The molecule has 0 aromatic heterocycles. The third kappa shape index (κ3) is 5.91. The molecule has 0 radical (unpaired) electrons. The number of hydrogen-bond donors (Lipinski definition) is 1. The number of aryl methyl sites for hydroxylation is 1. The number of hydrogen-bond acceptors (Lipinski definition) is 4. The van der Waals surface area contributed by atoms with Gasteiger partial charge in [0.1, 0.15) is 18.7 Å². The molecule has 0 saturated carbocycles. The van der Waals surface area contributed by atoms with E-state index in [1.54, 1.807) is 12.1 Å². The van der Waals surface area contributed by atoms with Gasteiger partial charge >= 0.3 is 0 Å². The molecule has 0 heterocycles. The van der Waals surface area contributed by atoms with Crippen LogP contribution < -0.4 is 5.32 Å². The Labute approximate surface area is 148 Å². The summed E-state index contributed by atoms with van der Waals surface area (Å²) in [4.78, 5) is 11.0. The molecule has 2 rings (SSSR count). The van der Waals surface area contributed by atoms with Gasteiger partial charge in [-0.15, -0.1) is 0 Å². The Bertz CT molecular complexity index is 731. The number of likely N-dealkylation sites (N-methyl/N-ethyl adjacent to an activating group) is 1. The third-order valence-electron chi connectivity index (χ3n) is 3.98. The fourth-order valence-corrected chi connectivity index (χ4v) is 2.56. The van der Waals surface area contributed by atoms with E-state index in [2.05, 4.69) is 23.5 Å². The van der Waals surface area contributed by atoms with Gasteiger partial charge in [0.2, 0.25) is 0 Å². The fourth-order valence-electron chi connectivity index (χ4n) is 2.56. The van der Waals surface area contributed by atoms with Gasteiger partial charge in [0.05, 0.1) is 17.7 Å². The van der Waals surface area contributed by atoms with Gasteiger partial charge in [0, 0.05) is 6.08 Å². The Morgan fingerprint density at radius 1 is 1.16 bits per heavy atom. The largest absolute Gasteiger partial charge is 0.491 e. The van der Waals surface area contributed by atoms with Crippen LogP contribution >= 0.6 is 0 Å². The molecule has 0 aliphatic rings. The summed E-state index contributed by atoms with van der Waals surface area (Å²) in [5.74, 6) is 0.623. The minimum Gasteiger partial charge on any atom is -0.491 e. The lowest BCUT2D eigenvalue weighted by molar-refractivity contribution is -0.104. The highest BCUT2D eigenvalue weighted by atomic mass is 16.5. The maximum atomic E-state index is 11.0. The highest BCUT2D eigenvalue weighted by Crippen LogP contribution is 2.15. The second kappa shape index (κ2) is 10.1. The fraction of sp³-hybridized carbons (Fsp3) is 0.238. The van der Waals surface area contributed by atoms with Crippen LogP contribution in [0.3, 0.4) is 0 Å². The number of rotatable bonds is 9. The molecule has 2 aromatic rings. The zero-order chi connectivity index (χ0) is 17.9. The number of benzene rings is 2. The molecule has 2 aromatic carbocycles. The summed E-state index contributed by atoms with van der Waals surface area (Å²) in [7, 11) is 1.86. The van der Waals surface area contributed by atoms with Gasteiger partial charge < -0.3 is 10.1 Å². The molecule has 0 saturated heterocycles. The van der Waals surface area contributed by atoms with Gasteiger partial charge in [-0.25, -0.2) is 0 Å². The van der Waals surface area contributed by atoms with Crippen LogP contribution in [-0.2, 0) is 22.6 Å². The van der Waals surface area contributed by atoms with Gasteiger partial charge in [0.25, 0.3) is 0 Å². The lowest BCUT2D eigenvalue weighted by Crippen LogP contribution is -2.29. The van der Waals surface area contributed by atoms with E-state index >= 15 is 0 Å². The molecule has 0 spiro atoms. The number of ether oxygens (including phenoxy) is 1. The topological polar surface area (TPSA) is 62.1 Å². The molecular formula is C21H22N2O2. The monoisotopic (exact) mass is 334 g/mol. The first-order valence-electron chi connectivity index (χ1n) is 8.25. The second-order valence-electron chi connectivity index (χ2n) is 5.67. The summed E-state index contributed by atoms with van der Waals surface area (Å²) in [6.45, 7) is 0.356. The van der Waals surface area contributed by atoms with Crippen molar-refractivity contribution in [3.8, 4) is 6.07 Å². The van der Waals surface area contributed by atoms with Gasteiger partial charge in [-0.3, -0.25) is 4.79 Å². The predicted molar refractivity (Wildman–Crippen MR) is 97.7 cm³/mol. The van der Waals surface area contributed by atoms with E-state index in [0.29, 0.717) is 17.9 Å². The molecule has 0 unspecified atom stereocenters. The molecule has 1 N–H and O–H groups in total. The van der Waals surface area contributed by atoms with Crippen molar-refractivity contribution >= 4 is 6.29 Å². The molecule has 128 valence electrons. The van der Waals surface area contributed by atoms with Crippen molar-refractivity contribution in [1.29, 1.82) is 5.26 Å². The molecule has 0 aliphatic carbocycles. The number of allylic oxidation sites excluding steroid dienone is 1. The van der Waals surface area contributed by atoms with Crippen LogP contribution in [0.2, 0.25) is 0 Å². The number of nitrogens with zero attached hydrogens (tertiary/aromatic N) is 1. The first-order chi connectivity index (χ1) is 12.3. The van der Waals surface area contributed by atoms with Crippen LogP contribution in [0.15, 0.2) is 66.4 Å². The zero-order valence-electron chi connectivity index (χ0n) is 14.3. The normalized spacial score (nSPS) is 12.2. The van der Waals surface area contributed by atoms with E-state index in [-0.39, 0.29) is 6.04 Å². The summed E-state index contributed by atoms with van der Waals surface area (Å²) in [5, 5.41) is 12.1. The summed E-state index contributed by atoms with van der Waals surface area (Å²) in [5.41, 5.74) is 2.82. The van der Waals surface area contributed by atoms with Crippen molar-refractivity contribution in [3.63, 3.8) is 0 Å². The van der Waals surface area contributed by atoms with Crippen molar-refractivity contribution in [3.05, 3.63) is 83.1 Å². The summed E-state index contributed by atoms with van der Waals surface area (Å²) in [6, 6.07) is 19.5. The van der Waals surface area contributed by atoms with Crippen molar-refractivity contribution in [2.45, 2.75) is 25.5 Å². The van der Waals surface area contributed by atoms with E-state index in [1.807, 2.05) is 37.4 Å². The van der Waals surface area contributed by atoms with Crippen LogP contribution in [-0.4, -0.2) is 19.4 Å². The molecule has 0 aliphatic heterocycles. The van der Waals surface area contributed by atoms with Crippen LogP contribution in [0.1, 0.15) is 23.1 Å². The molecule has 4 heteroatoms. The Morgan fingerprint density at radius 2 is 1.88 bits per heavy atom. The first kappa shape index (κ1) is 18.4. The van der Waals surface area contributed by atoms with Crippen LogP contribution in [0, 0.1) is 11.3 Å². The average molecular weight is 334 g/mol. The number of carbonyl (C=O) groups is 1. The number of nitrogens with one attached hydrogen (secondary N) is 1. The van der Waals surface area contributed by atoms with Crippen molar-refractivity contribution in [1.82, 2.24) is 5.32 Å². The molecule has 0 amide bonds. The van der Waals surface area contributed by atoms with Gasteiger partial charge in [-0.1, -0.05) is 42.5 Å². The Kier molecular flexibility index (Phi) is 7.42. The predicted octanol–water partition coefficient (Wildman–Crippen LogP) is 3.38. The summed E-state index contributed by atoms with van der Waals surface area (Å²) < 4.78 is 5.87. The molecule has 0 fully saturated rings. The maximum Gasteiger partial charge on any atom is 0.146 e. The zero-order valence-corrected chi connectivity index (χ0v) is 14.3. The molecule has 0 bridgehead atoms. The number of aldehydes is 1. The minimum atomic E-state index is -0.0382. The van der Waals surface area contributed by atoms with Crippen LogP contribution in [0.4, 0.5) is 0 Å². The molecule has 1 atom stereocenters. The Hall–Kier alpha value is -2.90. The van der Waals surface area contributed by atoms with Crippen molar-refractivity contribution in [2.75, 3.05) is 7.05 Å². The Balaban J connectivity index is 1.97. The summed E-state index contributed by atoms with van der Waals surface area (Å²) in [6.07, 6.45) is 3.94. The standard InChI is InChI=1S/C21H22N2O2/c1-23-20(12-11-17-5-3-2-4-6-17)21(13-14-24)25-16-19-9-7-18(15-22)8-10-19/h2-10,13-14,20,23H,11-12,16H2,1H3/b21-13+/t20-/m0/s1. The van der Waals surface area contributed by atoms with Gasteiger partial charge in [-0.05, 0) is 43.1 Å². The van der Waals surface area contributed by atoms with E-state index in [1.165, 1.54) is 11.6 Å². The smallest absolute Gasteiger partial charge is 0.146 e.